The minimum Gasteiger partial charge on any atom is -0.487 e. The Hall–Kier alpha value is -2.49. The minimum absolute atomic E-state index is 0.00243. The zero-order chi connectivity index (χ0) is 18.0. The number of benzene rings is 2. The topological polar surface area (TPSA) is 47.6 Å². The van der Waals surface area contributed by atoms with Crippen LogP contribution in [0.5, 0.6) is 11.5 Å². The Balaban J connectivity index is 1.65. The molecule has 1 aliphatic rings. The summed E-state index contributed by atoms with van der Waals surface area (Å²) in [7, 11) is 0. The molecular weight excluding hydrogens is 314 g/mol. The molecule has 3 rings (SSSR count). The number of carbonyl (C=O) groups is 1. The molecule has 132 valence electrons. The molecule has 25 heavy (non-hydrogen) atoms. The molecule has 0 radical (unpaired) electrons. The van der Waals surface area contributed by atoms with Crippen molar-refractivity contribution in [2.75, 3.05) is 6.61 Å². The maximum Gasteiger partial charge on any atom is 0.258 e. The third-order valence-corrected chi connectivity index (χ3v) is 4.56. The van der Waals surface area contributed by atoms with Crippen LogP contribution < -0.4 is 14.8 Å². The second-order valence-electron chi connectivity index (χ2n) is 7.26. The summed E-state index contributed by atoms with van der Waals surface area (Å²) in [6.07, 6.45) is 0.722. The maximum atomic E-state index is 12.4. The summed E-state index contributed by atoms with van der Waals surface area (Å²) >= 11 is 0. The first-order chi connectivity index (χ1) is 11.8. The van der Waals surface area contributed by atoms with Gasteiger partial charge in [0, 0.05) is 12.0 Å². The van der Waals surface area contributed by atoms with Crippen LogP contribution in [0.1, 0.15) is 43.0 Å². The first-order valence-corrected chi connectivity index (χ1v) is 8.61. The lowest BCUT2D eigenvalue weighted by Gasteiger charge is -2.37. The molecule has 0 saturated heterocycles. The van der Waals surface area contributed by atoms with Crippen LogP contribution in [-0.4, -0.2) is 18.1 Å². The fraction of sp³-hybridized carbons (Fsp3) is 0.381. The molecule has 4 nitrogen and oxygen atoms in total. The Morgan fingerprint density at radius 3 is 2.72 bits per heavy atom. The third kappa shape index (κ3) is 4.13. The highest BCUT2D eigenvalue weighted by atomic mass is 16.5. The summed E-state index contributed by atoms with van der Waals surface area (Å²) in [6, 6.07) is 13.6. The van der Waals surface area contributed by atoms with Gasteiger partial charge in [0.05, 0.1) is 6.04 Å². The van der Waals surface area contributed by atoms with Crippen LogP contribution in [0.25, 0.3) is 0 Å². The average Bonchev–Trinajstić information content (AvgIpc) is 2.55. The zero-order valence-electron chi connectivity index (χ0n) is 15.3. The summed E-state index contributed by atoms with van der Waals surface area (Å²) in [6.45, 7) is 8.16. The molecular formula is C21H25NO3. The van der Waals surface area contributed by atoms with E-state index < -0.39 is 0 Å². The van der Waals surface area contributed by atoms with Gasteiger partial charge in [0.25, 0.3) is 5.91 Å². The number of ether oxygens (including phenoxy) is 2. The van der Waals surface area contributed by atoms with Crippen LogP contribution in [0, 0.1) is 13.8 Å². The molecule has 1 heterocycles. The Kier molecular flexibility index (Phi) is 4.71. The minimum atomic E-state index is -0.318. The molecule has 0 saturated carbocycles. The van der Waals surface area contributed by atoms with E-state index in [1.165, 1.54) is 5.56 Å². The fourth-order valence-electron chi connectivity index (χ4n) is 3.12. The largest absolute Gasteiger partial charge is 0.487 e. The number of fused-ring (bicyclic) bond motifs is 1. The lowest BCUT2D eigenvalue weighted by atomic mass is 9.90. The van der Waals surface area contributed by atoms with E-state index in [4.69, 9.17) is 9.47 Å². The molecule has 2 aromatic carbocycles. The molecule has 1 atom stereocenters. The van der Waals surface area contributed by atoms with Gasteiger partial charge in [0.15, 0.2) is 6.61 Å². The van der Waals surface area contributed by atoms with Crippen LogP contribution in [0.2, 0.25) is 0 Å². The van der Waals surface area contributed by atoms with Gasteiger partial charge >= 0.3 is 0 Å². The van der Waals surface area contributed by atoms with Gasteiger partial charge in [-0.05, 0) is 57.0 Å². The summed E-state index contributed by atoms with van der Waals surface area (Å²) in [5.74, 6) is 1.42. The molecule has 0 bridgehead atoms. The normalized spacial score (nSPS) is 18.0. The van der Waals surface area contributed by atoms with E-state index in [1.807, 2.05) is 63.2 Å². The van der Waals surface area contributed by atoms with E-state index in [1.54, 1.807) is 0 Å². The van der Waals surface area contributed by atoms with Gasteiger partial charge in [-0.25, -0.2) is 0 Å². The number of rotatable bonds is 4. The third-order valence-electron chi connectivity index (χ3n) is 4.56. The molecule has 0 spiro atoms. The van der Waals surface area contributed by atoms with E-state index in [0.717, 1.165) is 23.3 Å². The van der Waals surface area contributed by atoms with Gasteiger partial charge in [0.1, 0.15) is 17.1 Å². The van der Waals surface area contributed by atoms with E-state index in [9.17, 15) is 4.79 Å². The lowest BCUT2D eigenvalue weighted by Crippen LogP contribution is -2.42. The van der Waals surface area contributed by atoms with Gasteiger partial charge in [-0.1, -0.05) is 24.3 Å². The van der Waals surface area contributed by atoms with E-state index in [2.05, 4.69) is 12.2 Å². The van der Waals surface area contributed by atoms with Crippen LogP contribution in [-0.2, 0) is 4.79 Å². The summed E-state index contributed by atoms with van der Waals surface area (Å²) < 4.78 is 11.6. The van der Waals surface area contributed by atoms with Crippen molar-refractivity contribution in [3.05, 3.63) is 59.2 Å². The number of aryl methyl sites for hydroxylation is 2. The monoisotopic (exact) mass is 339 g/mol. The molecule has 1 N–H and O–H groups in total. The predicted molar refractivity (Wildman–Crippen MR) is 98.1 cm³/mol. The van der Waals surface area contributed by atoms with E-state index in [-0.39, 0.29) is 24.2 Å². The van der Waals surface area contributed by atoms with Crippen LogP contribution >= 0.6 is 0 Å². The highest BCUT2D eigenvalue weighted by Gasteiger charge is 2.34. The number of carbonyl (C=O) groups excluding carboxylic acids is 1. The highest BCUT2D eigenvalue weighted by molar-refractivity contribution is 5.78. The van der Waals surface area contributed by atoms with Gasteiger partial charge in [0.2, 0.25) is 0 Å². The Morgan fingerprint density at radius 1 is 1.20 bits per heavy atom. The van der Waals surface area contributed by atoms with Crippen molar-refractivity contribution in [2.24, 2.45) is 0 Å². The Labute approximate surface area is 149 Å². The van der Waals surface area contributed by atoms with Crippen LogP contribution in [0.15, 0.2) is 42.5 Å². The molecule has 0 aliphatic carbocycles. The Morgan fingerprint density at radius 2 is 1.96 bits per heavy atom. The lowest BCUT2D eigenvalue weighted by molar-refractivity contribution is -0.124. The molecule has 2 aromatic rings. The van der Waals surface area contributed by atoms with Gasteiger partial charge in [-0.15, -0.1) is 0 Å². The zero-order valence-corrected chi connectivity index (χ0v) is 15.3. The number of hydrogen-bond donors (Lipinski definition) is 1. The van der Waals surface area contributed by atoms with Crippen molar-refractivity contribution in [2.45, 2.75) is 45.8 Å². The first-order valence-electron chi connectivity index (χ1n) is 8.61. The SMILES string of the molecule is Cc1ccc(OCC(=O)NC2CC(C)(C)Oc3ccccc32)cc1C. The smallest absolute Gasteiger partial charge is 0.258 e. The van der Waals surface area contributed by atoms with E-state index >= 15 is 0 Å². The average molecular weight is 339 g/mol. The van der Waals surface area contributed by atoms with Crippen molar-refractivity contribution < 1.29 is 14.3 Å². The van der Waals surface area contributed by atoms with E-state index in [0.29, 0.717) is 5.75 Å². The molecule has 1 amide bonds. The first kappa shape index (κ1) is 17.3. The quantitative estimate of drug-likeness (QED) is 0.912. The van der Waals surface area contributed by atoms with Crippen molar-refractivity contribution in [1.82, 2.24) is 5.32 Å². The maximum absolute atomic E-state index is 12.4. The molecule has 4 heteroatoms. The Bertz CT molecular complexity index is 782. The highest BCUT2D eigenvalue weighted by Crippen LogP contribution is 2.39. The van der Waals surface area contributed by atoms with Gasteiger partial charge < -0.3 is 14.8 Å². The van der Waals surface area contributed by atoms with Crippen LogP contribution in [0.4, 0.5) is 0 Å². The standard InChI is InChI=1S/C21H25NO3/c1-14-9-10-16(11-15(14)2)24-13-20(23)22-18-12-21(3,4)25-19-8-6-5-7-17(18)19/h5-11,18H,12-13H2,1-4H3,(H,22,23). The summed E-state index contributed by atoms with van der Waals surface area (Å²) in [5, 5.41) is 3.08. The van der Waals surface area contributed by atoms with Crippen molar-refractivity contribution in [3.8, 4) is 11.5 Å². The van der Waals surface area contributed by atoms with Crippen molar-refractivity contribution in [3.63, 3.8) is 0 Å². The van der Waals surface area contributed by atoms with Gasteiger partial charge in [-0.2, -0.15) is 0 Å². The number of nitrogens with one attached hydrogen (secondary N) is 1. The van der Waals surface area contributed by atoms with Crippen LogP contribution in [0.3, 0.4) is 0 Å². The predicted octanol–water partition coefficient (Wildman–Crippen LogP) is 4.10. The second kappa shape index (κ2) is 6.79. The molecule has 1 aliphatic heterocycles. The number of para-hydroxylation sites is 1. The summed E-state index contributed by atoms with van der Waals surface area (Å²) in [5.41, 5.74) is 3.05. The fourth-order valence-corrected chi connectivity index (χ4v) is 3.12. The van der Waals surface area contributed by atoms with Crippen molar-refractivity contribution >= 4 is 5.91 Å². The number of amides is 1. The molecule has 0 fully saturated rings. The molecule has 1 unspecified atom stereocenters. The van der Waals surface area contributed by atoms with Gasteiger partial charge in [-0.3, -0.25) is 4.79 Å². The molecule has 0 aromatic heterocycles. The second-order valence-corrected chi connectivity index (χ2v) is 7.26. The summed E-state index contributed by atoms with van der Waals surface area (Å²) in [4.78, 5) is 12.4. The van der Waals surface area contributed by atoms with Crippen molar-refractivity contribution in [1.29, 1.82) is 0 Å². The number of hydrogen-bond acceptors (Lipinski definition) is 3.